The lowest BCUT2D eigenvalue weighted by atomic mass is 10.1. The van der Waals surface area contributed by atoms with Crippen LogP contribution in [0.3, 0.4) is 0 Å². The van der Waals surface area contributed by atoms with Gasteiger partial charge in [0.15, 0.2) is 5.16 Å². The molecule has 1 amide bonds. The Bertz CT molecular complexity index is 1050. The van der Waals surface area contributed by atoms with E-state index in [-0.39, 0.29) is 5.91 Å². The summed E-state index contributed by atoms with van der Waals surface area (Å²) in [6.07, 6.45) is 0. The lowest BCUT2D eigenvalue weighted by Gasteiger charge is -2.08. The van der Waals surface area contributed by atoms with E-state index >= 15 is 0 Å². The molecule has 0 radical (unpaired) electrons. The number of amides is 1. The van der Waals surface area contributed by atoms with Crippen LogP contribution in [0.25, 0.3) is 11.0 Å². The van der Waals surface area contributed by atoms with Gasteiger partial charge in [0.1, 0.15) is 12.4 Å². The molecule has 0 aliphatic rings. The zero-order chi connectivity index (χ0) is 19.9. The van der Waals surface area contributed by atoms with Gasteiger partial charge in [-0.25, -0.2) is 4.98 Å². The van der Waals surface area contributed by atoms with Crippen molar-refractivity contribution in [1.82, 2.24) is 15.3 Å². The number of imidazole rings is 1. The molecule has 2 N–H and O–H groups in total. The Labute approximate surface area is 173 Å². The minimum absolute atomic E-state index is 0.0989. The molecule has 0 bridgehead atoms. The van der Waals surface area contributed by atoms with Crippen LogP contribution in [0.15, 0.2) is 84.0 Å². The van der Waals surface area contributed by atoms with Gasteiger partial charge in [-0.1, -0.05) is 54.2 Å². The molecular formula is C23H21N3O2S. The van der Waals surface area contributed by atoms with E-state index in [1.807, 2.05) is 78.9 Å². The number of thioether (sulfide) groups is 1. The highest BCUT2D eigenvalue weighted by Gasteiger charge is 2.06. The van der Waals surface area contributed by atoms with Crippen molar-refractivity contribution in [1.29, 1.82) is 0 Å². The third kappa shape index (κ3) is 5.18. The van der Waals surface area contributed by atoms with Gasteiger partial charge >= 0.3 is 0 Å². The second kappa shape index (κ2) is 9.30. The molecule has 0 atom stereocenters. The number of hydrogen-bond acceptors (Lipinski definition) is 4. The van der Waals surface area contributed by atoms with E-state index in [1.165, 1.54) is 0 Å². The second-order valence-electron chi connectivity index (χ2n) is 6.46. The molecule has 0 fully saturated rings. The first-order valence-electron chi connectivity index (χ1n) is 9.40. The number of carbonyl (C=O) groups is 1. The summed E-state index contributed by atoms with van der Waals surface area (Å²) in [4.78, 5) is 20.1. The number of para-hydroxylation sites is 3. The van der Waals surface area contributed by atoms with Gasteiger partial charge in [-0.3, -0.25) is 4.79 Å². The van der Waals surface area contributed by atoms with Crippen LogP contribution in [0.5, 0.6) is 5.75 Å². The predicted octanol–water partition coefficient (Wildman–Crippen LogP) is 4.66. The Morgan fingerprint density at radius 3 is 2.52 bits per heavy atom. The number of nitrogens with one attached hydrogen (secondary N) is 2. The summed E-state index contributed by atoms with van der Waals surface area (Å²) in [6.45, 7) is 0.888. The Balaban J connectivity index is 1.24. The Kier molecular flexibility index (Phi) is 6.12. The maximum absolute atomic E-state index is 12.3. The van der Waals surface area contributed by atoms with E-state index in [0.717, 1.165) is 33.3 Å². The summed E-state index contributed by atoms with van der Waals surface area (Å²) < 4.78 is 5.58. The SMILES string of the molecule is O=C(NCCOc1ccccc1)c1ccc(CSc2nc3ccccc3[nH]2)cc1. The number of aromatic nitrogens is 2. The van der Waals surface area contributed by atoms with Crippen molar-refractivity contribution in [2.45, 2.75) is 10.9 Å². The number of hydrogen-bond donors (Lipinski definition) is 2. The minimum Gasteiger partial charge on any atom is -0.492 e. The van der Waals surface area contributed by atoms with Gasteiger partial charge in [-0.05, 0) is 42.0 Å². The number of benzene rings is 3. The second-order valence-corrected chi connectivity index (χ2v) is 7.43. The summed E-state index contributed by atoms with van der Waals surface area (Å²) >= 11 is 1.64. The van der Waals surface area contributed by atoms with Crippen molar-refractivity contribution >= 4 is 28.7 Å². The molecule has 1 aromatic heterocycles. The van der Waals surface area contributed by atoms with Crippen molar-refractivity contribution in [3.05, 3.63) is 90.0 Å². The van der Waals surface area contributed by atoms with Crippen molar-refractivity contribution in [3.63, 3.8) is 0 Å². The van der Waals surface area contributed by atoms with E-state index in [0.29, 0.717) is 18.7 Å². The Hall–Kier alpha value is -3.25. The van der Waals surface area contributed by atoms with Crippen LogP contribution in [0.4, 0.5) is 0 Å². The summed E-state index contributed by atoms with van der Waals surface area (Å²) in [5.74, 6) is 1.48. The molecule has 29 heavy (non-hydrogen) atoms. The lowest BCUT2D eigenvalue weighted by Crippen LogP contribution is -2.28. The number of H-pyrrole nitrogens is 1. The van der Waals surface area contributed by atoms with E-state index in [2.05, 4.69) is 15.3 Å². The largest absolute Gasteiger partial charge is 0.492 e. The van der Waals surface area contributed by atoms with Gasteiger partial charge in [0.05, 0.1) is 17.6 Å². The predicted molar refractivity (Wildman–Crippen MR) is 116 cm³/mol. The first-order valence-corrected chi connectivity index (χ1v) is 10.4. The van der Waals surface area contributed by atoms with Gasteiger partial charge in [0, 0.05) is 11.3 Å². The maximum Gasteiger partial charge on any atom is 0.251 e. The molecule has 146 valence electrons. The number of aromatic amines is 1. The summed E-state index contributed by atoms with van der Waals surface area (Å²) in [6, 6.07) is 25.2. The average Bonchev–Trinajstić information content (AvgIpc) is 3.19. The van der Waals surface area contributed by atoms with E-state index in [9.17, 15) is 4.79 Å². The number of ether oxygens (including phenoxy) is 1. The van der Waals surface area contributed by atoms with Crippen molar-refractivity contribution in [2.75, 3.05) is 13.2 Å². The van der Waals surface area contributed by atoms with Crippen LogP contribution in [0, 0.1) is 0 Å². The van der Waals surface area contributed by atoms with Gasteiger partial charge in [-0.2, -0.15) is 0 Å². The fraction of sp³-hybridized carbons (Fsp3) is 0.130. The fourth-order valence-corrected chi connectivity index (χ4v) is 3.69. The fourth-order valence-electron chi connectivity index (χ4n) is 2.85. The standard InChI is InChI=1S/C23H21N3O2S/c27-22(24-14-15-28-19-6-2-1-3-7-19)18-12-10-17(11-13-18)16-29-23-25-20-8-4-5-9-21(20)26-23/h1-13H,14-16H2,(H,24,27)(H,25,26). The van der Waals surface area contributed by atoms with Crippen LogP contribution in [-0.2, 0) is 5.75 Å². The van der Waals surface area contributed by atoms with Crippen LogP contribution in [0.1, 0.15) is 15.9 Å². The van der Waals surface area contributed by atoms with Crippen LogP contribution >= 0.6 is 11.8 Å². The molecule has 0 saturated carbocycles. The molecule has 6 heteroatoms. The third-order valence-corrected chi connectivity index (χ3v) is 5.30. The number of fused-ring (bicyclic) bond motifs is 1. The van der Waals surface area contributed by atoms with E-state index in [1.54, 1.807) is 11.8 Å². The molecule has 5 nitrogen and oxygen atoms in total. The van der Waals surface area contributed by atoms with Crippen LogP contribution in [0.2, 0.25) is 0 Å². The molecular weight excluding hydrogens is 382 g/mol. The van der Waals surface area contributed by atoms with Crippen molar-refractivity contribution in [3.8, 4) is 5.75 Å². The topological polar surface area (TPSA) is 67.0 Å². The molecule has 0 aliphatic heterocycles. The van der Waals surface area contributed by atoms with Gasteiger partial charge in [-0.15, -0.1) is 0 Å². The molecule has 1 heterocycles. The Morgan fingerprint density at radius 2 is 1.72 bits per heavy atom. The molecule has 0 unspecified atom stereocenters. The highest BCUT2D eigenvalue weighted by Crippen LogP contribution is 2.23. The molecule has 0 spiro atoms. The molecule has 0 aliphatic carbocycles. The zero-order valence-electron chi connectivity index (χ0n) is 15.8. The molecule has 0 saturated heterocycles. The summed E-state index contributed by atoms with van der Waals surface area (Å²) in [5.41, 5.74) is 3.79. The van der Waals surface area contributed by atoms with Crippen LogP contribution < -0.4 is 10.1 Å². The third-order valence-electron chi connectivity index (χ3n) is 4.36. The first kappa shape index (κ1) is 19.1. The quantitative estimate of drug-likeness (QED) is 0.332. The number of carbonyl (C=O) groups excluding carboxylic acids is 1. The Morgan fingerprint density at radius 1 is 0.966 bits per heavy atom. The lowest BCUT2D eigenvalue weighted by molar-refractivity contribution is 0.0947. The van der Waals surface area contributed by atoms with Gasteiger partial charge < -0.3 is 15.0 Å². The molecule has 4 rings (SSSR count). The normalized spacial score (nSPS) is 10.8. The maximum atomic E-state index is 12.3. The highest BCUT2D eigenvalue weighted by atomic mass is 32.2. The molecule has 4 aromatic rings. The summed E-state index contributed by atoms with van der Waals surface area (Å²) in [7, 11) is 0. The first-order chi connectivity index (χ1) is 14.3. The van der Waals surface area contributed by atoms with Gasteiger partial charge in [0.25, 0.3) is 5.91 Å². The highest BCUT2D eigenvalue weighted by molar-refractivity contribution is 7.98. The van der Waals surface area contributed by atoms with Crippen LogP contribution in [-0.4, -0.2) is 29.0 Å². The van der Waals surface area contributed by atoms with E-state index < -0.39 is 0 Å². The zero-order valence-corrected chi connectivity index (χ0v) is 16.6. The van der Waals surface area contributed by atoms with Crippen molar-refractivity contribution < 1.29 is 9.53 Å². The number of rotatable bonds is 8. The van der Waals surface area contributed by atoms with Gasteiger partial charge in [0.2, 0.25) is 0 Å². The molecule has 3 aromatic carbocycles. The minimum atomic E-state index is -0.0989. The smallest absolute Gasteiger partial charge is 0.251 e. The average molecular weight is 404 g/mol. The summed E-state index contributed by atoms with van der Waals surface area (Å²) in [5, 5.41) is 3.77. The van der Waals surface area contributed by atoms with Crippen molar-refractivity contribution in [2.24, 2.45) is 0 Å². The monoisotopic (exact) mass is 403 g/mol. The van der Waals surface area contributed by atoms with E-state index in [4.69, 9.17) is 4.74 Å². The number of nitrogens with zero attached hydrogens (tertiary/aromatic N) is 1.